The molecule has 1 aromatic rings. The number of ketones is 2. The fraction of sp³-hybridized carbons (Fsp3) is 0.621. The summed E-state index contributed by atoms with van der Waals surface area (Å²) < 4.78 is 11.8. The van der Waals surface area contributed by atoms with Gasteiger partial charge in [0.25, 0.3) is 0 Å². The van der Waals surface area contributed by atoms with Crippen molar-refractivity contribution >= 4 is 25.9 Å². The van der Waals surface area contributed by atoms with Crippen LogP contribution in [0.1, 0.15) is 77.6 Å². The van der Waals surface area contributed by atoms with Gasteiger partial charge in [-0.15, -0.1) is 6.58 Å². The average Bonchev–Trinajstić information content (AvgIpc) is 2.80. The number of hydrogen-bond donors (Lipinski definition) is 1. The van der Waals surface area contributed by atoms with Crippen LogP contribution in [-0.4, -0.2) is 49.8 Å². The molecule has 0 spiro atoms. The molecule has 0 aromatic heterocycles. The van der Waals surface area contributed by atoms with Gasteiger partial charge >= 0.3 is 5.97 Å². The van der Waals surface area contributed by atoms with Crippen molar-refractivity contribution in [1.29, 1.82) is 0 Å². The summed E-state index contributed by atoms with van der Waals surface area (Å²) in [5.74, 6) is -0.990. The van der Waals surface area contributed by atoms with Crippen LogP contribution in [0, 0.1) is 11.3 Å². The van der Waals surface area contributed by atoms with Crippen molar-refractivity contribution in [3.05, 3.63) is 48.6 Å². The third-order valence-electron chi connectivity index (χ3n) is 7.28. The first-order valence-electron chi connectivity index (χ1n) is 12.8. The lowest BCUT2D eigenvalue weighted by Crippen LogP contribution is -2.45. The van der Waals surface area contributed by atoms with Crippen LogP contribution in [0.5, 0.6) is 0 Å². The fourth-order valence-corrected chi connectivity index (χ4v) is 4.92. The minimum Gasteiger partial charge on any atom is -0.462 e. The van der Waals surface area contributed by atoms with E-state index in [0.29, 0.717) is 12.0 Å². The number of Topliss-reactive ketones (excluding diaryl/α,β-unsaturated/α-hetero) is 2. The highest BCUT2D eigenvalue weighted by molar-refractivity contribution is 6.74. The molecule has 0 bridgehead atoms. The van der Waals surface area contributed by atoms with E-state index in [-0.39, 0.29) is 48.7 Å². The highest BCUT2D eigenvalue weighted by atomic mass is 28.4. The van der Waals surface area contributed by atoms with E-state index in [1.54, 1.807) is 38.1 Å². The SMILES string of the molecule is C=C[C@H](C)[C@H](CCC(=O)C[C@H](O)C(=O)C(C)(C)CCOC(=O)c1ccccc1)O[Si](C)(C)C(C)(C)C. The number of ether oxygens (including phenoxy) is 1. The van der Waals surface area contributed by atoms with Gasteiger partial charge in [0.1, 0.15) is 11.9 Å². The van der Waals surface area contributed by atoms with E-state index >= 15 is 0 Å². The standard InChI is InChI=1S/C29H46O6Si/c1-10-21(2)25(35-36(8,9)28(3,4)5)17-16-23(30)20-24(31)26(32)29(6,7)18-19-34-27(33)22-14-12-11-13-15-22/h10-15,21,24-25,31H,1,16-20H2,2-9H3/t21-,24-,25-/m0/s1. The van der Waals surface area contributed by atoms with Crippen LogP contribution in [0.25, 0.3) is 0 Å². The van der Waals surface area contributed by atoms with Gasteiger partial charge in [0.2, 0.25) is 0 Å². The van der Waals surface area contributed by atoms with Gasteiger partial charge in [-0.25, -0.2) is 4.79 Å². The third-order valence-corrected chi connectivity index (χ3v) is 11.8. The number of aliphatic hydroxyl groups excluding tert-OH is 1. The Kier molecular flexibility index (Phi) is 11.9. The minimum absolute atomic E-state index is 0.0407. The molecule has 7 heteroatoms. The number of carbonyl (C=O) groups is 3. The minimum atomic E-state index is -2.04. The summed E-state index contributed by atoms with van der Waals surface area (Å²) in [5, 5.41) is 10.5. The summed E-state index contributed by atoms with van der Waals surface area (Å²) in [6, 6.07) is 8.62. The van der Waals surface area contributed by atoms with Crippen molar-refractivity contribution in [2.75, 3.05) is 6.61 Å². The summed E-state index contributed by atoms with van der Waals surface area (Å²) in [6.07, 6.45) is 1.05. The maximum absolute atomic E-state index is 12.9. The molecular formula is C29H46O6Si. The Morgan fingerprint density at radius 3 is 2.19 bits per heavy atom. The fourth-order valence-electron chi connectivity index (χ4n) is 3.48. The molecule has 0 fully saturated rings. The molecule has 36 heavy (non-hydrogen) atoms. The topological polar surface area (TPSA) is 89.9 Å². The monoisotopic (exact) mass is 518 g/mol. The Labute approximate surface area is 218 Å². The second kappa shape index (κ2) is 13.5. The molecule has 0 unspecified atom stereocenters. The average molecular weight is 519 g/mol. The Bertz CT molecular complexity index is 885. The van der Waals surface area contributed by atoms with Crippen LogP contribution in [0.4, 0.5) is 0 Å². The largest absolute Gasteiger partial charge is 0.462 e. The highest BCUT2D eigenvalue weighted by Gasteiger charge is 2.40. The van der Waals surface area contributed by atoms with Gasteiger partial charge in [0, 0.05) is 18.3 Å². The molecule has 0 saturated carbocycles. The van der Waals surface area contributed by atoms with Crippen molar-refractivity contribution < 1.29 is 28.7 Å². The van der Waals surface area contributed by atoms with Crippen molar-refractivity contribution in [3.63, 3.8) is 0 Å². The molecule has 6 nitrogen and oxygen atoms in total. The predicted octanol–water partition coefficient (Wildman–Crippen LogP) is 6.14. The zero-order chi connectivity index (χ0) is 27.7. The second-order valence-corrected chi connectivity index (χ2v) is 16.6. The molecule has 1 rings (SSSR count). The normalized spacial score (nSPS) is 15.0. The van der Waals surface area contributed by atoms with Gasteiger partial charge in [-0.1, -0.05) is 65.8 Å². The van der Waals surface area contributed by atoms with E-state index in [1.165, 1.54) is 0 Å². The number of benzene rings is 1. The highest BCUT2D eigenvalue weighted by Crippen LogP contribution is 2.38. The summed E-state index contributed by atoms with van der Waals surface area (Å²) in [5.41, 5.74) is -0.504. The molecule has 0 aliphatic carbocycles. The molecule has 0 amide bonds. The first kappa shape index (κ1) is 31.9. The van der Waals surface area contributed by atoms with Gasteiger partial charge in [-0.2, -0.15) is 0 Å². The molecule has 0 heterocycles. The molecule has 1 N–H and O–H groups in total. The molecule has 3 atom stereocenters. The van der Waals surface area contributed by atoms with Gasteiger partial charge in [-0.05, 0) is 49.0 Å². The number of hydrogen-bond acceptors (Lipinski definition) is 6. The molecule has 1 aromatic carbocycles. The second-order valence-electron chi connectivity index (χ2n) is 11.8. The van der Waals surface area contributed by atoms with E-state index in [0.717, 1.165) is 0 Å². The smallest absolute Gasteiger partial charge is 0.338 e. The first-order chi connectivity index (χ1) is 16.5. The van der Waals surface area contributed by atoms with Gasteiger partial charge in [0.05, 0.1) is 18.3 Å². The Morgan fingerprint density at radius 1 is 1.08 bits per heavy atom. The van der Waals surface area contributed by atoms with Gasteiger partial charge < -0.3 is 14.3 Å². The number of aliphatic hydroxyl groups is 1. The van der Waals surface area contributed by atoms with Crippen molar-refractivity contribution in [1.82, 2.24) is 0 Å². The maximum atomic E-state index is 12.9. The number of carbonyl (C=O) groups excluding carboxylic acids is 3. The van der Waals surface area contributed by atoms with Crippen LogP contribution in [-0.2, 0) is 18.8 Å². The zero-order valence-electron chi connectivity index (χ0n) is 23.4. The van der Waals surface area contributed by atoms with E-state index in [2.05, 4.69) is 40.4 Å². The van der Waals surface area contributed by atoms with Crippen LogP contribution >= 0.6 is 0 Å². The molecule has 202 valence electrons. The van der Waals surface area contributed by atoms with E-state index in [9.17, 15) is 19.5 Å². The van der Waals surface area contributed by atoms with Crippen LogP contribution in [0.15, 0.2) is 43.0 Å². The number of esters is 1. The maximum Gasteiger partial charge on any atom is 0.338 e. The third kappa shape index (κ3) is 9.75. The summed E-state index contributed by atoms with van der Waals surface area (Å²) in [7, 11) is -2.04. The molecule has 0 aliphatic heterocycles. The Morgan fingerprint density at radius 2 is 1.67 bits per heavy atom. The number of rotatable bonds is 15. The molecular weight excluding hydrogens is 472 g/mol. The van der Waals surface area contributed by atoms with Crippen molar-refractivity contribution in [3.8, 4) is 0 Å². The zero-order valence-corrected chi connectivity index (χ0v) is 24.4. The lowest BCUT2D eigenvalue weighted by Gasteiger charge is -2.40. The van der Waals surface area contributed by atoms with Crippen LogP contribution in [0.3, 0.4) is 0 Å². The van der Waals surface area contributed by atoms with Gasteiger partial charge in [-0.3, -0.25) is 9.59 Å². The van der Waals surface area contributed by atoms with E-state index in [4.69, 9.17) is 9.16 Å². The van der Waals surface area contributed by atoms with Crippen LogP contribution < -0.4 is 0 Å². The van der Waals surface area contributed by atoms with E-state index < -0.39 is 31.6 Å². The van der Waals surface area contributed by atoms with Gasteiger partial charge in [0.15, 0.2) is 14.1 Å². The lowest BCUT2D eigenvalue weighted by molar-refractivity contribution is -0.139. The summed E-state index contributed by atoms with van der Waals surface area (Å²) >= 11 is 0. The Hall–Kier alpha value is -2.09. The van der Waals surface area contributed by atoms with Crippen molar-refractivity contribution in [2.24, 2.45) is 11.3 Å². The Balaban J connectivity index is 2.62. The molecule has 0 saturated heterocycles. The van der Waals surface area contributed by atoms with Crippen LogP contribution in [0.2, 0.25) is 18.1 Å². The predicted molar refractivity (Wildman–Crippen MR) is 146 cm³/mol. The lowest BCUT2D eigenvalue weighted by atomic mass is 9.81. The quantitative estimate of drug-likeness (QED) is 0.170. The summed E-state index contributed by atoms with van der Waals surface area (Å²) in [6.45, 7) is 20.2. The summed E-state index contributed by atoms with van der Waals surface area (Å²) in [4.78, 5) is 37.6. The first-order valence-corrected chi connectivity index (χ1v) is 15.7. The van der Waals surface area contributed by atoms with Crippen molar-refractivity contribution in [2.45, 2.75) is 97.6 Å². The van der Waals surface area contributed by atoms with E-state index in [1.807, 2.05) is 19.1 Å². The molecule has 0 aliphatic rings. The molecule has 0 radical (unpaired) electrons.